The van der Waals surface area contributed by atoms with E-state index in [1.807, 2.05) is 6.92 Å². The van der Waals surface area contributed by atoms with E-state index in [-0.39, 0.29) is 6.10 Å². The van der Waals surface area contributed by atoms with Gasteiger partial charge in [-0.3, -0.25) is 0 Å². The molecule has 1 aliphatic rings. The van der Waals surface area contributed by atoms with Crippen molar-refractivity contribution in [1.82, 2.24) is 0 Å². The summed E-state index contributed by atoms with van der Waals surface area (Å²) in [4.78, 5) is 0. The summed E-state index contributed by atoms with van der Waals surface area (Å²) in [5.74, 6) is 0. The number of hydrogen-bond acceptors (Lipinski definition) is 1. The fourth-order valence-electron chi connectivity index (χ4n) is 0.615. The second-order valence-electron chi connectivity index (χ2n) is 2.83. The lowest BCUT2D eigenvalue weighted by molar-refractivity contribution is 0.121. The van der Waals surface area contributed by atoms with E-state index in [0.717, 1.165) is 0 Å². The molecular formula is C6H12O. The normalized spacial score (nSPS) is 29.6. The first kappa shape index (κ1) is 5.10. The van der Waals surface area contributed by atoms with Gasteiger partial charge in [-0.15, -0.1) is 0 Å². The van der Waals surface area contributed by atoms with Crippen molar-refractivity contribution in [2.24, 2.45) is 5.41 Å². The lowest BCUT2D eigenvalue weighted by Crippen LogP contribution is -2.12. The number of rotatable bonds is 1. The van der Waals surface area contributed by atoms with Crippen molar-refractivity contribution in [3.8, 4) is 0 Å². The third kappa shape index (κ3) is 0.778. The summed E-state index contributed by atoms with van der Waals surface area (Å²) in [7, 11) is 0. The molecule has 1 rings (SSSR count). The van der Waals surface area contributed by atoms with Gasteiger partial charge in [0, 0.05) is 0 Å². The molecule has 0 amide bonds. The van der Waals surface area contributed by atoms with Gasteiger partial charge in [0.25, 0.3) is 0 Å². The van der Waals surface area contributed by atoms with Gasteiger partial charge in [-0.25, -0.2) is 0 Å². The first-order valence-corrected chi connectivity index (χ1v) is 2.83. The Hall–Kier alpha value is -0.0400. The average Bonchev–Trinajstić information content (AvgIpc) is 2.21. The second kappa shape index (κ2) is 1.22. The number of aliphatic hydroxyl groups excluding tert-OH is 1. The van der Waals surface area contributed by atoms with Gasteiger partial charge in [0.2, 0.25) is 0 Å². The standard InChI is InChI=1S/C6H12O/c1-5(7)6(2)3-4-6/h5,7H,3-4H2,1-2H3/t5-/m0/s1. The molecule has 1 heteroatoms. The van der Waals surface area contributed by atoms with E-state index >= 15 is 0 Å². The molecular weight excluding hydrogens is 88.1 g/mol. The molecule has 1 atom stereocenters. The highest BCUT2D eigenvalue weighted by molar-refractivity contribution is 4.92. The molecule has 0 radical (unpaired) electrons. The van der Waals surface area contributed by atoms with Crippen LogP contribution in [0.2, 0.25) is 0 Å². The minimum atomic E-state index is -0.0903. The molecule has 1 fully saturated rings. The molecule has 1 N–H and O–H groups in total. The maximum absolute atomic E-state index is 8.95. The van der Waals surface area contributed by atoms with Gasteiger partial charge in [0.1, 0.15) is 0 Å². The van der Waals surface area contributed by atoms with Crippen LogP contribution in [0.15, 0.2) is 0 Å². The first-order chi connectivity index (χ1) is 3.15. The lowest BCUT2D eigenvalue weighted by atomic mass is 10.0. The van der Waals surface area contributed by atoms with Crippen LogP contribution >= 0.6 is 0 Å². The predicted octanol–water partition coefficient (Wildman–Crippen LogP) is 1.17. The summed E-state index contributed by atoms with van der Waals surface area (Å²) in [5.41, 5.74) is 0.306. The Morgan fingerprint density at radius 1 is 1.57 bits per heavy atom. The molecule has 0 aromatic rings. The van der Waals surface area contributed by atoms with E-state index in [1.54, 1.807) is 0 Å². The van der Waals surface area contributed by atoms with Crippen molar-refractivity contribution in [3.63, 3.8) is 0 Å². The van der Waals surface area contributed by atoms with Crippen LogP contribution < -0.4 is 0 Å². The molecule has 0 saturated heterocycles. The van der Waals surface area contributed by atoms with Crippen LogP contribution in [0, 0.1) is 5.41 Å². The summed E-state index contributed by atoms with van der Waals surface area (Å²) in [5, 5.41) is 8.95. The monoisotopic (exact) mass is 100 g/mol. The van der Waals surface area contributed by atoms with Gasteiger partial charge in [0.15, 0.2) is 0 Å². The fraction of sp³-hybridized carbons (Fsp3) is 1.00. The van der Waals surface area contributed by atoms with Crippen molar-refractivity contribution in [2.75, 3.05) is 0 Å². The Bertz CT molecular complexity index is 72.2. The molecule has 0 spiro atoms. The smallest absolute Gasteiger partial charge is 0.0565 e. The molecule has 0 aliphatic heterocycles. The Morgan fingerprint density at radius 3 is 2.00 bits per heavy atom. The highest BCUT2D eigenvalue weighted by Gasteiger charge is 2.41. The molecule has 7 heavy (non-hydrogen) atoms. The minimum absolute atomic E-state index is 0.0903. The summed E-state index contributed by atoms with van der Waals surface area (Å²) < 4.78 is 0. The van der Waals surface area contributed by atoms with Crippen LogP contribution in [0.1, 0.15) is 26.7 Å². The largest absolute Gasteiger partial charge is 0.393 e. The molecule has 1 nitrogen and oxygen atoms in total. The van der Waals surface area contributed by atoms with E-state index in [0.29, 0.717) is 5.41 Å². The molecule has 0 aromatic heterocycles. The van der Waals surface area contributed by atoms with Gasteiger partial charge in [-0.1, -0.05) is 6.92 Å². The first-order valence-electron chi connectivity index (χ1n) is 2.83. The van der Waals surface area contributed by atoms with E-state index in [1.165, 1.54) is 12.8 Å². The Kier molecular flexibility index (Phi) is 0.890. The van der Waals surface area contributed by atoms with E-state index in [4.69, 9.17) is 5.11 Å². The third-order valence-electron chi connectivity index (χ3n) is 2.05. The van der Waals surface area contributed by atoms with Crippen LogP contribution in [0.4, 0.5) is 0 Å². The second-order valence-corrected chi connectivity index (χ2v) is 2.83. The number of aliphatic hydroxyl groups is 1. The van der Waals surface area contributed by atoms with Crippen LogP contribution in [0.5, 0.6) is 0 Å². The summed E-state index contributed by atoms with van der Waals surface area (Å²) in [6.07, 6.45) is 2.34. The van der Waals surface area contributed by atoms with Gasteiger partial charge < -0.3 is 5.11 Å². The quantitative estimate of drug-likeness (QED) is 0.524. The molecule has 0 aromatic carbocycles. The Morgan fingerprint density at radius 2 is 2.00 bits per heavy atom. The van der Waals surface area contributed by atoms with Gasteiger partial charge in [0.05, 0.1) is 6.10 Å². The molecule has 1 saturated carbocycles. The lowest BCUT2D eigenvalue weighted by Gasteiger charge is -2.09. The van der Waals surface area contributed by atoms with Gasteiger partial charge >= 0.3 is 0 Å². The average molecular weight is 100 g/mol. The maximum Gasteiger partial charge on any atom is 0.0565 e. The van der Waals surface area contributed by atoms with Crippen molar-refractivity contribution in [1.29, 1.82) is 0 Å². The summed E-state index contributed by atoms with van der Waals surface area (Å²) >= 11 is 0. The molecule has 0 bridgehead atoms. The maximum atomic E-state index is 8.95. The van der Waals surface area contributed by atoms with Crippen molar-refractivity contribution >= 4 is 0 Å². The van der Waals surface area contributed by atoms with E-state index < -0.39 is 0 Å². The zero-order chi connectivity index (χ0) is 5.49. The van der Waals surface area contributed by atoms with Crippen molar-refractivity contribution in [2.45, 2.75) is 32.8 Å². The molecule has 1 aliphatic carbocycles. The minimum Gasteiger partial charge on any atom is -0.393 e. The summed E-state index contributed by atoms with van der Waals surface area (Å²) in [6, 6.07) is 0. The molecule has 0 heterocycles. The molecule has 42 valence electrons. The highest BCUT2D eigenvalue weighted by atomic mass is 16.3. The Labute approximate surface area is 44.4 Å². The van der Waals surface area contributed by atoms with Crippen LogP contribution in [0.25, 0.3) is 0 Å². The van der Waals surface area contributed by atoms with Crippen LogP contribution in [-0.2, 0) is 0 Å². The fourth-order valence-corrected chi connectivity index (χ4v) is 0.615. The Balaban J connectivity index is 2.39. The number of hydrogen-bond donors (Lipinski definition) is 1. The highest BCUT2D eigenvalue weighted by Crippen LogP contribution is 2.47. The van der Waals surface area contributed by atoms with Crippen molar-refractivity contribution in [3.05, 3.63) is 0 Å². The third-order valence-corrected chi connectivity index (χ3v) is 2.05. The van der Waals surface area contributed by atoms with Crippen LogP contribution in [0.3, 0.4) is 0 Å². The van der Waals surface area contributed by atoms with E-state index in [9.17, 15) is 0 Å². The zero-order valence-corrected chi connectivity index (χ0v) is 4.94. The SMILES string of the molecule is C[C@H](O)C1(C)CC1. The summed E-state index contributed by atoms with van der Waals surface area (Å²) in [6.45, 7) is 3.99. The predicted molar refractivity (Wildman–Crippen MR) is 29.0 cm³/mol. The van der Waals surface area contributed by atoms with Gasteiger partial charge in [-0.05, 0) is 25.2 Å². The topological polar surface area (TPSA) is 20.2 Å². The molecule has 0 unspecified atom stereocenters. The van der Waals surface area contributed by atoms with Crippen LogP contribution in [-0.4, -0.2) is 11.2 Å². The zero-order valence-electron chi connectivity index (χ0n) is 4.94. The van der Waals surface area contributed by atoms with Gasteiger partial charge in [-0.2, -0.15) is 0 Å². The van der Waals surface area contributed by atoms with Crippen molar-refractivity contribution < 1.29 is 5.11 Å². The van der Waals surface area contributed by atoms with E-state index in [2.05, 4.69) is 6.92 Å².